The Morgan fingerprint density at radius 2 is 1.77 bits per heavy atom. The van der Waals surface area contributed by atoms with Gasteiger partial charge in [0, 0.05) is 23.4 Å². The first-order chi connectivity index (χ1) is 12.7. The molecule has 26 heavy (non-hydrogen) atoms. The summed E-state index contributed by atoms with van der Waals surface area (Å²) in [6, 6.07) is 20.4. The lowest BCUT2D eigenvalue weighted by Gasteiger charge is -2.10. The summed E-state index contributed by atoms with van der Waals surface area (Å²) in [5.74, 6) is 1.66. The van der Waals surface area contributed by atoms with Crippen molar-refractivity contribution in [2.45, 2.75) is 5.75 Å². The summed E-state index contributed by atoms with van der Waals surface area (Å²) in [5, 5.41) is 4.89. The second kappa shape index (κ2) is 9.25. The van der Waals surface area contributed by atoms with E-state index in [0.29, 0.717) is 29.4 Å². The van der Waals surface area contributed by atoms with Crippen molar-refractivity contribution in [1.29, 1.82) is 0 Å². The fourth-order valence-electron chi connectivity index (χ4n) is 2.58. The number of halogens is 1. The Hall–Kier alpha value is -2.53. The standard InChI is InChI=1S/C21H20FNO2S/c22-19-10-4-2-7-17(19)15-26-13-12-23-21(24)14-25-20-11-5-8-16-6-1-3-9-18(16)20/h1-11H,12-15H2,(H,23,24). The van der Waals surface area contributed by atoms with Gasteiger partial charge in [-0.05, 0) is 23.1 Å². The summed E-state index contributed by atoms with van der Waals surface area (Å²) in [6.07, 6.45) is 0. The van der Waals surface area contributed by atoms with E-state index in [2.05, 4.69) is 5.32 Å². The minimum absolute atomic E-state index is 0.0218. The van der Waals surface area contributed by atoms with E-state index in [1.165, 1.54) is 6.07 Å². The molecule has 0 spiro atoms. The summed E-state index contributed by atoms with van der Waals surface area (Å²) >= 11 is 1.58. The molecular weight excluding hydrogens is 349 g/mol. The number of thioether (sulfide) groups is 1. The molecule has 3 rings (SSSR count). The molecule has 1 amide bonds. The van der Waals surface area contributed by atoms with Gasteiger partial charge in [0.25, 0.3) is 5.91 Å². The molecule has 0 aromatic heterocycles. The van der Waals surface area contributed by atoms with Crippen molar-refractivity contribution in [3.8, 4) is 5.75 Å². The van der Waals surface area contributed by atoms with Gasteiger partial charge in [0.1, 0.15) is 11.6 Å². The van der Waals surface area contributed by atoms with Crippen LogP contribution in [0.15, 0.2) is 66.7 Å². The fourth-order valence-corrected chi connectivity index (χ4v) is 3.42. The first kappa shape index (κ1) is 18.3. The summed E-state index contributed by atoms with van der Waals surface area (Å²) in [6.45, 7) is 0.503. The van der Waals surface area contributed by atoms with Crippen LogP contribution in [-0.2, 0) is 10.5 Å². The SMILES string of the molecule is O=C(COc1cccc2ccccc12)NCCSCc1ccccc1F. The molecule has 0 radical (unpaired) electrons. The molecule has 0 aliphatic carbocycles. The molecular formula is C21H20FNO2S. The summed E-state index contributed by atoms with van der Waals surface area (Å²) < 4.78 is 19.2. The van der Waals surface area contributed by atoms with Crippen molar-refractivity contribution in [3.05, 3.63) is 78.1 Å². The first-order valence-corrected chi connectivity index (χ1v) is 9.58. The predicted molar refractivity (Wildman–Crippen MR) is 105 cm³/mol. The first-order valence-electron chi connectivity index (χ1n) is 8.42. The Labute approximate surface area is 156 Å². The molecule has 1 N–H and O–H groups in total. The van der Waals surface area contributed by atoms with Crippen molar-refractivity contribution in [2.75, 3.05) is 18.9 Å². The van der Waals surface area contributed by atoms with E-state index in [1.807, 2.05) is 48.5 Å². The number of benzene rings is 3. The van der Waals surface area contributed by atoms with Crippen molar-refractivity contribution in [1.82, 2.24) is 5.32 Å². The third-order valence-corrected chi connectivity index (χ3v) is 4.90. The lowest BCUT2D eigenvalue weighted by atomic mass is 10.1. The van der Waals surface area contributed by atoms with E-state index in [1.54, 1.807) is 23.9 Å². The van der Waals surface area contributed by atoms with Crippen molar-refractivity contribution < 1.29 is 13.9 Å². The maximum absolute atomic E-state index is 13.5. The van der Waals surface area contributed by atoms with Gasteiger partial charge in [-0.2, -0.15) is 11.8 Å². The average Bonchev–Trinajstić information content (AvgIpc) is 2.67. The topological polar surface area (TPSA) is 38.3 Å². The van der Waals surface area contributed by atoms with Gasteiger partial charge in [0.05, 0.1) is 0 Å². The van der Waals surface area contributed by atoms with E-state index in [4.69, 9.17) is 4.74 Å². The number of nitrogens with one attached hydrogen (secondary N) is 1. The van der Waals surface area contributed by atoms with Crippen LogP contribution in [0.3, 0.4) is 0 Å². The second-order valence-electron chi connectivity index (χ2n) is 5.76. The number of carbonyl (C=O) groups excluding carboxylic acids is 1. The average molecular weight is 369 g/mol. The van der Waals surface area contributed by atoms with E-state index >= 15 is 0 Å². The molecule has 0 atom stereocenters. The highest BCUT2D eigenvalue weighted by Gasteiger charge is 2.06. The molecule has 0 saturated heterocycles. The van der Waals surface area contributed by atoms with Crippen LogP contribution < -0.4 is 10.1 Å². The van der Waals surface area contributed by atoms with Crippen LogP contribution in [0.2, 0.25) is 0 Å². The highest BCUT2D eigenvalue weighted by molar-refractivity contribution is 7.98. The number of amides is 1. The van der Waals surface area contributed by atoms with Gasteiger partial charge in [-0.15, -0.1) is 0 Å². The normalized spacial score (nSPS) is 10.7. The molecule has 0 heterocycles. The van der Waals surface area contributed by atoms with Gasteiger partial charge in [-0.1, -0.05) is 54.6 Å². The maximum Gasteiger partial charge on any atom is 0.257 e. The van der Waals surface area contributed by atoms with Gasteiger partial charge in [-0.3, -0.25) is 4.79 Å². The zero-order valence-electron chi connectivity index (χ0n) is 14.3. The van der Waals surface area contributed by atoms with Gasteiger partial charge in [0.15, 0.2) is 6.61 Å². The van der Waals surface area contributed by atoms with E-state index in [-0.39, 0.29) is 18.3 Å². The third-order valence-electron chi connectivity index (χ3n) is 3.89. The van der Waals surface area contributed by atoms with E-state index in [9.17, 15) is 9.18 Å². The van der Waals surface area contributed by atoms with Gasteiger partial charge < -0.3 is 10.1 Å². The van der Waals surface area contributed by atoms with Crippen molar-refractivity contribution in [2.24, 2.45) is 0 Å². The number of hydrogen-bond donors (Lipinski definition) is 1. The zero-order valence-corrected chi connectivity index (χ0v) is 15.1. The molecule has 3 nitrogen and oxygen atoms in total. The Balaban J connectivity index is 1.38. The predicted octanol–water partition coefficient (Wildman–Crippen LogP) is 4.41. The Morgan fingerprint density at radius 3 is 2.65 bits per heavy atom. The summed E-state index contributed by atoms with van der Waals surface area (Å²) in [5.41, 5.74) is 0.683. The molecule has 3 aromatic carbocycles. The minimum atomic E-state index is -0.187. The van der Waals surface area contributed by atoms with Crippen LogP contribution in [0.25, 0.3) is 10.8 Å². The Kier molecular flexibility index (Phi) is 6.50. The smallest absolute Gasteiger partial charge is 0.257 e. The molecule has 0 aliphatic heterocycles. The summed E-state index contributed by atoms with van der Waals surface area (Å²) in [7, 11) is 0. The molecule has 5 heteroatoms. The maximum atomic E-state index is 13.5. The third kappa shape index (κ3) is 4.99. The molecule has 0 unspecified atom stereocenters. The number of fused-ring (bicyclic) bond motifs is 1. The molecule has 134 valence electrons. The molecule has 0 fully saturated rings. The Bertz CT molecular complexity index is 879. The second-order valence-corrected chi connectivity index (χ2v) is 6.87. The minimum Gasteiger partial charge on any atom is -0.483 e. The van der Waals surface area contributed by atoms with Gasteiger partial charge >= 0.3 is 0 Å². The van der Waals surface area contributed by atoms with Crippen LogP contribution in [0.1, 0.15) is 5.56 Å². The van der Waals surface area contributed by atoms with Crippen LogP contribution in [0.4, 0.5) is 4.39 Å². The van der Waals surface area contributed by atoms with Gasteiger partial charge in [0.2, 0.25) is 0 Å². The van der Waals surface area contributed by atoms with Crippen molar-refractivity contribution >= 4 is 28.4 Å². The molecule has 0 aliphatic rings. The highest BCUT2D eigenvalue weighted by Crippen LogP contribution is 2.24. The van der Waals surface area contributed by atoms with E-state index in [0.717, 1.165) is 10.8 Å². The summed E-state index contributed by atoms with van der Waals surface area (Å²) in [4.78, 5) is 11.9. The fraction of sp³-hybridized carbons (Fsp3) is 0.190. The van der Waals surface area contributed by atoms with Crippen LogP contribution >= 0.6 is 11.8 Å². The lowest BCUT2D eigenvalue weighted by molar-refractivity contribution is -0.122. The number of carbonyl (C=O) groups is 1. The van der Waals surface area contributed by atoms with Gasteiger partial charge in [-0.25, -0.2) is 4.39 Å². The quantitative estimate of drug-likeness (QED) is 0.598. The molecule has 0 bridgehead atoms. The largest absolute Gasteiger partial charge is 0.483 e. The molecule has 3 aromatic rings. The Morgan fingerprint density at radius 1 is 1.00 bits per heavy atom. The number of hydrogen-bond acceptors (Lipinski definition) is 3. The molecule has 0 saturated carbocycles. The number of rotatable bonds is 8. The lowest BCUT2D eigenvalue weighted by Crippen LogP contribution is -2.30. The van der Waals surface area contributed by atoms with E-state index < -0.39 is 0 Å². The van der Waals surface area contributed by atoms with Crippen molar-refractivity contribution in [3.63, 3.8) is 0 Å². The number of ether oxygens (including phenoxy) is 1. The zero-order chi connectivity index (χ0) is 18.2. The highest BCUT2D eigenvalue weighted by atomic mass is 32.2. The monoisotopic (exact) mass is 369 g/mol. The van der Waals surface area contributed by atoms with Crippen LogP contribution in [0, 0.1) is 5.82 Å². The van der Waals surface area contributed by atoms with Crippen LogP contribution in [0.5, 0.6) is 5.75 Å². The van der Waals surface area contributed by atoms with Crippen LogP contribution in [-0.4, -0.2) is 24.8 Å².